The summed E-state index contributed by atoms with van der Waals surface area (Å²) in [4.78, 5) is 27.4. The van der Waals surface area contributed by atoms with Crippen LogP contribution in [0.5, 0.6) is 0 Å². The third-order valence-electron chi connectivity index (χ3n) is 3.72. The highest BCUT2D eigenvalue weighted by atomic mass is 35.5. The summed E-state index contributed by atoms with van der Waals surface area (Å²) in [6.07, 6.45) is 0. The molecule has 0 atom stereocenters. The fourth-order valence-corrected chi connectivity index (χ4v) is 2.44. The average Bonchev–Trinajstić information content (AvgIpc) is 2.54. The Morgan fingerprint density at radius 1 is 1.25 bits per heavy atom. The van der Waals surface area contributed by atoms with E-state index < -0.39 is 0 Å². The molecule has 1 fully saturated rings. The number of rotatable bonds is 6. The summed E-state index contributed by atoms with van der Waals surface area (Å²) in [6, 6.07) is 6.33. The molecule has 0 spiro atoms. The summed E-state index contributed by atoms with van der Waals surface area (Å²) in [5.41, 5.74) is 0.445. The van der Waals surface area contributed by atoms with Crippen LogP contribution >= 0.6 is 12.4 Å². The first-order valence-electron chi connectivity index (χ1n) is 7.73. The maximum absolute atomic E-state index is 13.5. The third-order valence-corrected chi connectivity index (χ3v) is 3.72. The van der Waals surface area contributed by atoms with Gasteiger partial charge in [-0.05, 0) is 13.1 Å². The van der Waals surface area contributed by atoms with Gasteiger partial charge in [0.05, 0.1) is 13.1 Å². The second-order valence-corrected chi connectivity index (χ2v) is 5.67. The van der Waals surface area contributed by atoms with Gasteiger partial charge < -0.3 is 15.5 Å². The predicted molar refractivity (Wildman–Crippen MR) is 92.4 cm³/mol. The number of carbonyl (C=O) groups is 2. The zero-order valence-corrected chi connectivity index (χ0v) is 14.6. The lowest BCUT2D eigenvalue weighted by Crippen LogP contribution is -2.50. The van der Waals surface area contributed by atoms with Crippen molar-refractivity contribution >= 4 is 24.2 Å². The lowest BCUT2D eigenvalue weighted by atomic mass is 10.2. The number of hydrogen-bond acceptors (Lipinski definition) is 4. The number of likely N-dealkylation sites (N-methyl/N-ethyl adjacent to an activating group) is 1. The molecule has 0 aliphatic carbocycles. The van der Waals surface area contributed by atoms with Gasteiger partial charge in [-0.3, -0.25) is 14.5 Å². The van der Waals surface area contributed by atoms with Crippen LogP contribution in [-0.4, -0.2) is 67.9 Å². The molecule has 134 valence electrons. The Hall–Kier alpha value is -1.70. The van der Waals surface area contributed by atoms with Crippen LogP contribution in [0.15, 0.2) is 24.3 Å². The Morgan fingerprint density at radius 3 is 2.58 bits per heavy atom. The molecule has 0 saturated carbocycles. The molecule has 1 aromatic carbocycles. The number of benzene rings is 1. The number of amides is 2. The Kier molecular flexibility index (Phi) is 8.67. The van der Waals surface area contributed by atoms with E-state index in [1.54, 1.807) is 35.0 Å². The smallest absolute Gasteiger partial charge is 0.236 e. The summed E-state index contributed by atoms with van der Waals surface area (Å²) in [6.45, 7) is 3.46. The van der Waals surface area contributed by atoms with E-state index in [4.69, 9.17) is 0 Å². The second-order valence-electron chi connectivity index (χ2n) is 5.67. The standard InChI is InChI=1S/C16H23FN4O2.ClH/c1-20(12-16(23)21-8-6-18-7-9-21)11-15(22)19-10-13-4-2-3-5-14(13)17;/h2-5,18H,6-12H2,1H3,(H,19,22);1H. The minimum atomic E-state index is -0.338. The number of nitrogens with zero attached hydrogens (tertiary/aromatic N) is 2. The van der Waals surface area contributed by atoms with Crippen molar-refractivity contribution in [3.63, 3.8) is 0 Å². The van der Waals surface area contributed by atoms with E-state index in [0.717, 1.165) is 13.1 Å². The minimum Gasteiger partial charge on any atom is -0.351 e. The molecule has 1 aliphatic rings. The summed E-state index contributed by atoms with van der Waals surface area (Å²) in [5.74, 6) is -0.546. The number of hydrogen-bond donors (Lipinski definition) is 2. The minimum absolute atomic E-state index is 0. The number of halogens is 2. The molecule has 1 aliphatic heterocycles. The monoisotopic (exact) mass is 358 g/mol. The van der Waals surface area contributed by atoms with E-state index in [-0.39, 0.29) is 49.7 Å². The Morgan fingerprint density at radius 2 is 1.92 bits per heavy atom. The normalized spacial score (nSPS) is 14.2. The van der Waals surface area contributed by atoms with Crippen molar-refractivity contribution in [2.45, 2.75) is 6.54 Å². The fourth-order valence-electron chi connectivity index (χ4n) is 2.44. The van der Waals surface area contributed by atoms with Gasteiger partial charge in [-0.2, -0.15) is 0 Å². The molecule has 24 heavy (non-hydrogen) atoms. The molecule has 0 bridgehead atoms. The molecule has 1 aromatic rings. The van der Waals surface area contributed by atoms with Gasteiger partial charge >= 0.3 is 0 Å². The highest BCUT2D eigenvalue weighted by molar-refractivity contribution is 5.85. The maximum atomic E-state index is 13.5. The van der Waals surface area contributed by atoms with Crippen LogP contribution in [-0.2, 0) is 16.1 Å². The van der Waals surface area contributed by atoms with E-state index in [9.17, 15) is 14.0 Å². The van der Waals surface area contributed by atoms with Gasteiger partial charge in [-0.1, -0.05) is 18.2 Å². The van der Waals surface area contributed by atoms with Crippen LogP contribution in [0, 0.1) is 5.82 Å². The Bertz CT molecular complexity index is 553. The third kappa shape index (κ3) is 6.43. The van der Waals surface area contributed by atoms with Crippen LogP contribution in [0.3, 0.4) is 0 Å². The number of piperazine rings is 1. The van der Waals surface area contributed by atoms with Crippen LogP contribution in [0.2, 0.25) is 0 Å². The van der Waals surface area contributed by atoms with Crippen molar-refractivity contribution in [1.82, 2.24) is 20.4 Å². The van der Waals surface area contributed by atoms with Crippen molar-refractivity contribution in [1.29, 1.82) is 0 Å². The van der Waals surface area contributed by atoms with Gasteiger partial charge in [0.1, 0.15) is 5.82 Å². The van der Waals surface area contributed by atoms with E-state index in [1.165, 1.54) is 6.07 Å². The van der Waals surface area contributed by atoms with Gasteiger partial charge in [0.15, 0.2) is 0 Å². The average molecular weight is 359 g/mol. The first kappa shape index (κ1) is 20.3. The van der Waals surface area contributed by atoms with Crippen LogP contribution in [0.4, 0.5) is 4.39 Å². The highest BCUT2D eigenvalue weighted by Crippen LogP contribution is 2.05. The molecular weight excluding hydrogens is 335 g/mol. The van der Waals surface area contributed by atoms with Crippen LogP contribution in [0.1, 0.15) is 5.56 Å². The summed E-state index contributed by atoms with van der Waals surface area (Å²) < 4.78 is 13.5. The van der Waals surface area contributed by atoms with Gasteiger partial charge in [-0.15, -0.1) is 12.4 Å². The number of carbonyl (C=O) groups excluding carboxylic acids is 2. The van der Waals surface area contributed by atoms with E-state index >= 15 is 0 Å². The summed E-state index contributed by atoms with van der Waals surface area (Å²) in [7, 11) is 1.72. The summed E-state index contributed by atoms with van der Waals surface area (Å²) >= 11 is 0. The highest BCUT2D eigenvalue weighted by Gasteiger charge is 2.18. The molecule has 6 nitrogen and oxygen atoms in total. The van der Waals surface area contributed by atoms with Gasteiger partial charge in [0.25, 0.3) is 0 Å². The van der Waals surface area contributed by atoms with Gasteiger partial charge in [0, 0.05) is 38.3 Å². The van der Waals surface area contributed by atoms with Crippen LogP contribution in [0.25, 0.3) is 0 Å². The van der Waals surface area contributed by atoms with Crippen molar-refractivity contribution in [2.75, 3.05) is 46.3 Å². The SMILES string of the molecule is CN(CC(=O)NCc1ccccc1F)CC(=O)N1CCNCC1.Cl. The first-order valence-corrected chi connectivity index (χ1v) is 7.73. The van der Waals surface area contributed by atoms with Crippen LogP contribution < -0.4 is 10.6 Å². The van der Waals surface area contributed by atoms with Crippen molar-refractivity contribution in [2.24, 2.45) is 0 Å². The Balaban J connectivity index is 0.00000288. The van der Waals surface area contributed by atoms with Gasteiger partial charge in [0.2, 0.25) is 11.8 Å². The molecule has 1 saturated heterocycles. The predicted octanol–water partition coefficient (Wildman–Crippen LogP) is 0.227. The van der Waals surface area contributed by atoms with E-state index in [2.05, 4.69) is 10.6 Å². The largest absolute Gasteiger partial charge is 0.351 e. The Labute approximate surface area is 147 Å². The van der Waals surface area contributed by atoms with Crippen molar-refractivity contribution in [3.05, 3.63) is 35.6 Å². The molecule has 0 radical (unpaired) electrons. The molecule has 8 heteroatoms. The van der Waals surface area contributed by atoms with Crippen molar-refractivity contribution in [3.8, 4) is 0 Å². The molecule has 1 heterocycles. The lowest BCUT2D eigenvalue weighted by Gasteiger charge is -2.29. The van der Waals surface area contributed by atoms with Crippen molar-refractivity contribution < 1.29 is 14.0 Å². The maximum Gasteiger partial charge on any atom is 0.236 e. The topological polar surface area (TPSA) is 64.7 Å². The molecule has 0 unspecified atom stereocenters. The van der Waals surface area contributed by atoms with E-state index in [1.807, 2.05) is 0 Å². The molecule has 0 aromatic heterocycles. The number of nitrogens with one attached hydrogen (secondary N) is 2. The molecule has 2 rings (SSSR count). The van der Waals surface area contributed by atoms with Gasteiger partial charge in [-0.25, -0.2) is 4.39 Å². The summed E-state index contributed by atoms with van der Waals surface area (Å²) in [5, 5.41) is 5.86. The zero-order valence-electron chi connectivity index (χ0n) is 13.8. The quantitative estimate of drug-likeness (QED) is 0.764. The second kappa shape index (κ2) is 10.2. The molecule has 2 amide bonds. The van der Waals surface area contributed by atoms with E-state index in [0.29, 0.717) is 18.7 Å². The first-order chi connectivity index (χ1) is 11.1. The zero-order chi connectivity index (χ0) is 16.7. The fraction of sp³-hybridized carbons (Fsp3) is 0.500. The molecule has 2 N–H and O–H groups in total. The molecular formula is C16H24ClFN4O2. The lowest BCUT2D eigenvalue weighted by molar-refractivity contribution is -0.133.